The number of likely N-dealkylation sites (tertiary alicyclic amines) is 1. The van der Waals surface area contributed by atoms with Crippen LogP contribution in [-0.4, -0.2) is 35.6 Å². The van der Waals surface area contributed by atoms with E-state index in [1.807, 2.05) is 18.2 Å². The number of thiophene rings is 1. The van der Waals surface area contributed by atoms with Crippen molar-refractivity contribution in [3.8, 4) is 11.3 Å². The van der Waals surface area contributed by atoms with Crippen molar-refractivity contribution in [2.75, 3.05) is 19.6 Å². The van der Waals surface area contributed by atoms with Crippen LogP contribution in [-0.2, 0) is 0 Å². The van der Waals surface area contributed by atoms with Crippen molar-refractivity contribution < 1.29 is 9.32 Å². The minimum atomic E-state index is -0.186. The fourth-order valence-corrected chi connectivity index (χ4v) is 4.78. The monoisotopic (exact) mass is 415 g/mol. The van der Waals surface area contributed by atoms with Crippen molar-refractivity contribution in [1.29, 1.82) is 0 Å². The van der Waals surface area contributed by atoms with Gasteiger partial charge in [-0.25, -0.2) is 0 Å². The Morgan fingerprint density at radius 3 is 2.79 bits per heavy atom. The molecule has 1 aromatic carbocycles. The summed E-state index contributed by atoms with van der Waals surface area (Å²) >= 11 is 8.04. The van der Waals surface area contributed by atoms with Gasteiger partial charge < -0.3 is 9.84 Å². The van der Waals surface area contributed by atoms with Gasteiger partial charge in [0.2, 0.25) is 0 Å². The van der Waals surface area contributed by atoms with Crippen LogP contribution in [0.15, 0.2) is 46.3 Å². The summed E-state index contributed by atoms with van der Waals surface area (Å²) in [6.45, 7) is 4.43. The predicted molar refractivity (Wildman–Crippen MR) is 112 cm³/mol. The molecule has 1 aliphatic heterocycles. The van der Waals surface area contributed by atoms with Crippen LogP contribution in [0.4, 0.5) is 0 Å². The third-order valence-electron chi connectivity index (χ3n) is 5.13. The van der Waals surface area contributed by atoms with Crippen molar-refractivity contribution in [1.82, 2.24) is 15.4 Å². The van der Waals surface area contributed by atoms with Gasteiger partial charge in [0.05, 0.1) is 11.1 Å². The number of aromatic nitrogens is 1. The van der Waals surface area contributed by atoms with Gasteiger partial charge in [0.15, 0.2) is 0 Å². The molecule has 0 spiro atoms. The first-order valence-corrected chi connectivity index (χ1v) is 10.7. The number of hydrogen-bond acceptors (Lipinski definition) is 5. The number of benzene rings is 1. The lowest BCUT2D eigenvalue weighted by atomic mass is 10.1. The first-order chi connectivity index (χ1) is 13.6. The molecule has 3 heterocycles. The van der Waals surface area contributed by atoms with E-state index in [9.17, 15) is 4.79 Å². The molecule has 1 N–H and O–H groups in total. The Morgan fingerprint density at radius 2 is 2.07 bits per heavy atom. The molecular weight excluding hydrogens is 394 g/mol. The number of aryl methyl sites for hydroxylation is 1. The average Bonchev–Trinajstić information content (AvgIpc) is 3.44. The zero-order chi connectivity index (χ0) is 19.5. The number of hydrogen-bond donors (Lipinski definition) is 1. The summed E-state index contributed by atoms with van der Waals surface area (Å²) in [5.74, 6) is 0.302. The van der Waals surface area contributed by atoms with Crippen LogP contribution in [0, 0.1) is 6.92 Å². The maximum Gasteiger partial charge on any atom is 0.257 e. The van der Waals surface area contributed by atoms with Gasteiger partial charge >= 0.3 is 0 Å². The molecule has 0 aliphatic carbocycles. The van der Waals surface area contributed by atoms with Crippen LogP contribution in [0.1, 0.15) is 39.9 Å². The van der Waals surface area contributed by atoms with E-state index in [0.29, 0.717) is 34.1 Å². The van der Waals surface area contributed by atoms with E-state index in [1.54, 1.807) is 24.3 Å². The number of carbonyl (C=O) groups excluding carboxylic acids is 1. The Hall–Kier alpha value is -2.15. The Bertz CT molecular complexity index is 948. The lowest BCUT2D eigenvalue weighted by Gasteiger charge is -2.26. The molecule has 0 saturated carbocycles. The maximum atomic E-state index is 13.1. The summed E-state index contributed by atoms with van der Waals surface area (Å²) in [7, 11) is 0. The van der Waals surface area contributed by atoms with Crippen LogP contribution in [0.2, 0.25) is 5.02 Å². The van der Waals surface area contributed by atoms with Gasteiger partial charge in [-0.3, -0.25) is 9.69 Å². The molecule has 1 unspecified atom stereocenters. The molecule has 2 aromatic heterocycles. The van der Waals surface area contributed by atoms with Crippen LogP contribution in [0.5, 0.6) is 0 Å². The van der Waals surface area contributed by atoms with E-state index >= 15 is 0 Å². The van der Waals surface area contributed by atoms with E-state index in [4.69, 9.17) is 16.1 Å². The van der Waals surface area contributed by atoms with Crippen molar-refractivity contribution >= 4 is 28.8 Å². The summed E-state index contributed by atoms with van der Waals surface area (Å²) < 4.78 is 5.33. The van der Waals surface area contributed by atoms with E-state index in [2.05, 4.69) is 32.9 Å². The lowest BCUT2D eigenvalue weighted by Crippen LogP contribution is -2.36. The van der Waals surface area contributed by atoms with Gasteiger partial charge in [-0.1, -0.05) is 41.0 Å². The zero-order valence-electron chi connectivity index (χ0n) is 15.7. The highest BCUT2D eigenvalue weighted by Crippen LogP contribution is 2.32. The first kappa shape index (κ1) is 19.2. The van der Waals surface area contributed by atoms with Gasteiger partial charge in [-0.2, -0.15) is 0 Å². The van der Waals surface area contributed by atoms with Gasteiger partial charge in [0, 0.05) is 17.0 Å². The quantitative estimate of drug-likeness (QED) is 0.620. The topological polar surface area (TPSA) is 58.4 Å². The molecule has 7 heteroatoms. The first-order valence-electron chi connectivity index (χ1n) is 9.42. The third kappa shape index (κ3) is 3.85. The highest BCUT2D eigenvalue weighted by Gasteiger charge is 2.27. The molecule has 0 radical (unpaired) electrons. The van der Waals surface area contributed by atoms with Crippen molar-refractivity contribution in [3.05, 3.63) is 63.0 Å². The minimum absolute atomic E-state index is 0.186. The normalized spacial score (nSPS) is 15.6. The Kier molecular flexibility index (Phi) is 5.80. The molecule has 146 valence electrons. The van der Waals surface area contributed by atoms with Crippen molar-refractivity contribution in [2.24, 2.45) is 0 Å². The van der Waals surface area contributed by atoms with E-state index in [-0.39, 0.29) is 11.9 Å². The second kappa shape index (κ2) is 8.47. The highest BCUT2D eigenvalue weighted by molar-refractivity contribution is 7.10. The second-order valence-corrected chi connectivity index (χ2v) is 8.31. The lowest BCUT2D eigenvalue weighted by molar-refractivity contribution is 0.0937. The summed E-state index contributed by atoms with van der Waals surface area (Å²) in [5.41, 5.74) is 1.62. The van der Waals surface area contributed by atoms with E-state index in [1.165, 1.54) is 17.7 Å². The van der Waals surface area contributed by atoms with E-state index < -0.39 is 0 Å². The summed E-state index contributed by atoms with van der Waals surface area (Å²) in [6.07, 6.45) is 2.41. The highest BCUT2D eigenvalue weighted by atomic mass is 35.5. The average molecular weight is 416 g/mol. The summed E-state index contributed by atoms with van der Waals surface area (Å²) in [6, 6.07) is 11.7. The summed E-state index contributed by atoms with van der Waals surface area (Å²) in [5, 5.41) is 9.82. The molecule has 5 nitrogen and oxygen atoms in total. The molecule has 1 atom stereocenters. The standard InChI is InChI=1S/C21H22ClN3O2S/c1-14-19(20(24-27-14)15-7-2-3-8-16(15)22)21(26)23-13-17(18-9-6-12-28-18)25-10-4-5-11-25/h2-3,6-9,12,17H,4-5,10-11,13H2,1H3,(H,23,26). The smallest absolute Gasteiger partial charge is 0.257 e. The Morgan fingerprint density at radius 1 is 1.29 bits per heavy atom. The fraction of sp³-hybridized carbons (Fsp3) is 0.333. The molecular formula is C21H22ClN3O2S. The SMILES string of the molecule is Cc1onc(-c2ccccc2Cl)c1C(=O)NCC(c1cccs1)N1CCCC1. The van der Waals surface area contributed by atoms with Crippen molar-refractivity contribution in [3.63, 3.8) is 0 Å². The molecule has 1 fully saturated rings. The van der Waals surface area contributed by atoms with Crippen molar-refractivity contribution in [2.45, 2.75) is 25.8 Å². The zero-order valence-corrected chi connectivity index (χ0v) is 17.2. The number of carbonyl (C=O) groups is 1. The third-order valence-corrected chi connectivity index (χ3v) is 6.43. The van der Waals surface area contributed by atoms with Crippen LogP contribution >= 0.6 is 22.9 Å². The van der Waals surface area contributed by atoms with Crippen LogP contribution < -0.4 is 5.32 Å². The molecule has 28 heavy (non-hydrogen) atoms. The number of amides is 1. The van der Waals surface area contributed by atoms with Crippen LogP contribution in [0.25, 0.3) is 11.3 Å². The predicted octanol–water partition coefficient (Wildman–Crippen LogP) is 4.93. The van der Waals surface area contributed by atoms with E-state index in [0.717, 1.165) is 13.1 Å². The molecule has 1 amide bonds. The number of nitrogens with one attached hydrogen (secondary N) is 1. The maximum absolute atomic E-state index is 13.1. The molecule has 1 saturated heterocycles. The van der Waals surface area contributed by atoms with Crippen LogP contribution in [0.3, 0.4) is 0 Å². The molecule has 3 aromatic rings. The van der Waals surface area contributed by atoms with Gasteiger partial charge in [-0.05, 0) is 50.4 Å². The molecule has 1 aliphatic rings. The number of halogens is 1. The Labute approximate surface area is 173 Å². The summed E-state index contributed by atoms with van der Waals surface area (Å²) in [4.78, 5) is 16.8. The molecule has 4 rings (SSSR count). The Balaban J connectivity index is 1.55. The fourth-order valence-electron chi connectivity index (χ4n) is 3.70. The van der Waals surface area contributed by atoms with Gasteiger partial charge in [0.1, 0.15) is 17.0 Å². The minimum Gasteiger partial charge on any atom is -0.360 e. The largest absolute Gasteiger partial charge is 0.360 e. The number of nitrogens with zero attached hydrogens (tertiary/aromatic N) is 2. The second-order valence-electron chi connectivity index (χ2n) is 6.93. The molecule has 0 bridgehead atoms. The van der Waals surface area contributed by atoms with Gasteiger partial charge in [0.25, 0.3) is 5.91 Å². The number of rotatable bonds is 6. The van der Waals surface area contributed by atoms with Gasteiger partial charge in [-0.15, -0.1) is 11.3 Å².